The Labute approximate surface area is 243 Å². The second kappa shape index (κ2) is 11.2. The van der Waals surface area contributed by atoms with Crippen LogP contribution in [0.5, 0.6) is 0 Å². The van der Waals surface area contributed by atoms with Crippen molar-refractivity contribution >= 4 is 12.3 Å². The number of nitrogens with zero attached hydrogens (tertiary/aromatic N) is 2. The predicted molar refractivity (Wildman–Crippen MR) is 153 cm³/mol. The van der Waals surface area contributed by atoms with Crippen LogP contribution in [0.4, 0.5) is 0 Å². The summed E-state index contributed by atoms with van der Waals surface area (Å²) in [5.74, 6) is -0.447. The first kappa shape index (κ1) is 30.4. The van der Waals surface area contributed by atoms with E-state index in [0.29, 0.717) is 45.1 Å². The molecule has 4 aliphatic rings. The highest BCUT2D eigenvalue weighted by atomic mass is 16.5. The van der Waals surface area contributed by atoms with Crippen LogP contribution in [0.2, 0.25) is 0 Å². The topological polar surface area (TPSA) is 121 Å². The van der Waals surface area contributed by atoms with E-state index in [1.807, 2.05) is 27.2 Å². The van der Waals surface area contributed by atoms with Gasteiger partial charge in [0.1, 0.15) is 12.4 Å². The van der Waals surface area contributed by atoms with Crippen molar-refractivity contribution in [1.82, 2.24) is 9.80 Å². The van der Waals surface area contributed by atoms with Crippen LogP contribution in [0, 0.1) is 22.7 Å². The van der Waals surface area contributed by atoms with Crippen molar-refractivity contribution in [3.8, 4) is 0 Å². The zero-order valence-corrected chi connectivity index (χ0v) is 25.1. The molecule has 0 saturated heterocycles. The van der Waals surface area contributed by atoms with Crippen molar-refractivity contribution in [2.24, 2.45) is 22.7 Å². The number of fused-ring (bicyclic) bond motifs is 5. The molecule has 0 aliphatic heterocycles. The van der Waals surface area contributed by atoms with Crippen LogP contribution in [0.3, 0.4) is 0 Å². The fourth-order valence-corrected chi connectivity index (χ4v) is 9.34. The predicted octanol–water partition coefficient (Wildman–Crippen LogP) is 2.97. The first-order chi connectivity index (χ1) is 19.4. The van der Waals surface area contributed by atoms with Crippen molar-refractivity contribution in [3.05, 3.63) is 34.4 Å². The maximum atomic E-state index is 13.0. The van der Waals surface area contributed by atoms with Crippen molar-refractivity contribution < 1.29 is 29.0 Å². The maximum absolute atomic E-state index is 13.0. The molecular formula is C32H48N2O7. The van der Waals surface area contributed by atoms with Gasteiger partial charge in [-0.15, -0.1) is 0 Å². The summed E-state index contributed by atoms with van der Waals surface area (Å²) in [6, 6.07) is 3.26. The minimum atomic E-state index is -1.26. The number of aliphatic hydroxyl groups is 2. The van der Waals surface area contributed by atoms with E-state index < -0.39 is 28.1 Å². The molecule has 2 N–H and O–H groups in total. The van der Waals surface area contributed by atoms with Crippen LogP contribution in [-0.4, -0.2) is 90.4 Å². The molecule has 4 fully saturated rings. The molecular weight excluding hydrogens is 524 g/mol. The fourth-order valence-electron chi connectivity index (χ4n) is 9.34. The highest BCUT2D eigenvalue weighted by molar-refractivity contribution is 5.70. The minimum absolute atomic E-state index is 0.0582. The highest BCUT2D eigenvalue weighted by Gasteiger charge is 2.71. The third-order valence-corrected chi connectivity index (χ3v) is 11.7. The molecule has 5 rings (SSSR count). The van der Waals surface area contributed by atoms with E-state index in [1.165, 1.54) is 12.3 Å². The summed E-state index contributed by atoms with van der Waals surface area (Å²) in [5.41, 5.74) is -3.06. The SMILES string of the molecule is CN(C)CCN(C)CCC(=O)OC1CCC2(C=O)C3CCC4(C)C(c5ccc(=O)oc5)CCC4(O)C3CCC2(O)C1. The lowest BCUT2D eigenvalue weighted by molar-refractivity contribution is -0.248. The van der Waals surface area contributed by atoms with E-state index in [1.54, 1.807) is 0 Å². The number of hydrogen-bond donors (Lipinski definition) is 2. The molecule has 0 aromatic carbocycles. The van der Waals surface area contributed by atoms with Gasteiger partial charge in [-0.3, -0.25) is 4.79 Å². The van der Waals surface area contributed by atoms with Gasteiger partial charge in [0.25, 0.3) is 0 Å². The van der Waals surface area contributed by atoms with Gasteiger partial charge < -0.3 is 34.0 Å². The number of carbonyl (C=O) groups excluding carboxylic acids is 2. The average molecular weight is 573 g/mol. The monoisotopic (exact) mass is 572 g/mol. The number of ether oxygens (including phenoxy) is 1. The Morgan fingerprint density at radius 1 is 1.02 bits per heavy atom. The van der Waals surface area contributed by atoms with Crippen molar-refractivity contribution in [2.75, 3.05) is 40.8 Å². The summed E-state index contributed by atoms with van der Waals surface area (Å²) in [4.78, 5) is 41.5. The Bertz CT molecular complexity index is 1170. The molecule has 1 heterocycles. The van der Waals surface area contributed by atoms with E-state index >= 15 is 0 Å². The van der Waals surface area contributed by atoms with Crippen LogP contribution in [0.15, 0.2) is 27.6 Å². The van der Waals surface area contributed by atoms with E-state index in [9.17, 15) is 24.6 Å². The number of carbonyl (C=O) groups is 2. The normalized spacial score (nSPS) is 40.1. The Morgan fingerprint density at radius 3 is 2.46 bits per heavy atom. The zero-order valence-electron chi connectivity index (χ0n) is 25.1. The molecule has 8 atom stereocenters. The Balaban J connectivity index is 1.28. The first-order valence-corrected chi connectivity index (χ1v) is 15.4. The molecule has 4 saturated carbocycles. The maximum Gasteiger partial charge on any atom is 0.335 e. The fraction of sp³-hybridized carbons (Fsp3) is 0.781. The summed E-state index contributed by atoms with van der Waals surface area (Å²) in [7, 11) is 6.03. The molecule has 228 valence electrons. The van der Waals surface area contributed by atoms with Gasteiger partial charge in [0.2, 0.25) is 0 Å². The van der Waals surface area contributed by atoms with Gasteiger partial charge in [-0.1, -0.05) is 6.92 Å². The van der Waals surface area contributed by atoms with Crippen molar-refractivity contribution in [1.29, 1.82) is 0 Å². The summed E-state index contributed by atoms with van der Waals surface area (Å²) >= 11 is 0. The lowest BCUT2D eigenvalue weighted by atomic mass is 9.41. The number of hydrogen-bond acceptors (Lipinski definition) is 9. The van der Waals surface area contributed by atoms with Crippen molar-refractivity contribution in [2.45, 2.75) is 94.4 Å². The minimum Gasteiger partial charge on any atom is -0.462 e. The number of esters is 1. The van der Waals surface area contributed by atoms with E-state index in [2.05, 4.69) is 16.7 Å². The quantitative estimate of drug-likeness (QED) is 0.340. The molecule has 0 bridgehead atoms. The van der Waals surface area contributed by atoms with Gasteiger partial charge >= 0.3 is 11.6 Å². The number of likely N-dealkylation sites (N-methyl/N-ethyl adjacent to an activating group) is 2. The molecule has 0 spiro atoms. The van der Waals surface area contributed by atoms with Crippen LogP contribution >= 0.6 is 0 Å². The standard InChI is InChI=1S/C32H48N2O7/c1-29-12-8-25-26(32(29,39)15-10-24(29)22-5-6-27(36)40-20-22)9-14-31(38)19-23(7-13-30(25,31)21-35)41-28(37)11-16-34(4)18-17-33(2)3/h5-6,20-21,23-26,38-39H,7-19H2,1-4H3. The zero-order chi connectivity index (χ0) is 29.6. The van der Waals surface area contributed by atoms with Gasteiger partial charge in [-0.25, -0.2) is 4.79 Å². The van der Waals surface area contributed by atoms with E-state index in [4.69, 9.17) is 9.15 Å². The van der Waals surface area contributed by atoms with Crippen LogP contribution in [0.25, 0.3) is 0 Å². The van der Waals surface area contributed by atoms with Crippen LogP contribution < -0.4 is 5.63 Å². The number of aldehydes is 1. The number of rotatable bonds is 9. The first-order valence-electron chi connectivity index (χ1n) is 15.4. The van der Waals surface area contributed by atoms with Crippen LogP contribution in [-0.2, 0) is 14.3 Å². The largest absolute Gasteiger partial charge is 0.462 e. The third-order valence-electron chi connectivity index (χ3n) is 11.7. The average Bonchev–Trinajstić information content (AvgIpc) is 3.21. The summed E-state index contributed by atoms with van der Waals surface area (Å²) in [6.07, 6.45) is 7.52. The summed E-state index contributed by atoms with van der Waals surface area (Å²) in [5, 5.41) is 24.5. The molecule has 1 aromatic heterocycles. The molecule has 0 amide bonds. The Kier molecular flexibility index (Phi) is 8.31. The molecule has 41 heavy (non-hydrogen) atoms. The Morgan fingerprint density at radius 2 is 1.78 bits per heavy atom. The molecule has 1 aromatic rings. The molecule has 0 radical (unpaired) electrons. The van der Waals surface area contributed by atoms with E-state index in [-0.39, 0.29) is 35.8 Å². The Hall–Kier alpha value is -2.07. The lowest BCUT2D eigenvalue weighted by Crippen LogP contribution is -2.68. The molecule has 9 nitrogen and oxygen atoms in total. The molecule has 9 heteroatoms. The molecule has 4 aliphatic carbocycles. The summed E-state index contributed by atoms with van der Waals surface area (Å²) in [6.45, 7) is 4.53. The lowest BCUT2D eigenvalue weighted by Gasteiger charge is -2.65. The van der Waals surface area contributed by atoms with Crippen LogP contribution in [0.1, 0.15) is 82.6 Å². The van der Waals surface area contributed by atoms with Gasteiger partial charge in [-0.05, 0) is 102 Å². The second-order valence-corrected chi connectivity index (χ2v) is 14.0. The van der Waals surface area contributed by atoms with Gasteiger partial charge in [-0.2, -0.15) is 0 Å². The third kappa shape index (κ3) is 5.11. The van der Waals surface area contributed by atoms with Gasteiger partial charge in [0, 0.05) is 37.5 Å². The van der Waals surface area contributed by atoms with Gasteiger partial charge in [0.05, 0.1) is 29.3 Å². The molecule has 8 unspecified atom stereocenters. The highest BCUT2D eigenvalue weighted by Crippen LogP contribution is 2.71. The smallest absolute Gasteiger partial charge is 0.335 e. The summed E-state index contributed by atoms with van der Waals surface area (Å²) < 4.78 is 11.0. The van der Waals surface area contributed by atoms with E-state index in [0.717, 1.165) is 44.2 Å². The van der Waals surface area contributed by atoms with Crippen molar-refractivity contribution in [3.63, 3.8) is 0 Å². The van der Waals surface area contributed by atoms with Gasteiger partial charge in [0.15, 0.2) is 0 Å². The second-order valence-electron chi connectivity index (χ2n) is 14.0.